The Bertz CT molecular complexity index is 816. The second kappa shape index (κ2) is 8.26. The van der Waals surface area contributed by atoms with Crippen LogP contribution in [0.15, 0.2) is 34.1 Å². The fraction of sp³-hybridized carbons (Fsp3) is 0.533. The van der Waals surface area contributed by atoms with Crippen LogP contribution >= 0.6 is 0 Å². The Hall–Kier alpha value is -1.49. The van der Waals surface area contributed by atoms with E-state index in [-0.39, 0.29) is 29.4 Å². The molecule has 1 aromatic carbocycles. The van der Waals surface area contributed by atoms with Crippen molar-refractivity contribution in [1.82, 2.24) is 8.61 Å². The Balaban J connectivity index is 3.26. The maximum absolute atomic E-state index is 12.6. The molecule has 8 nitrogen and oxygen atoms in total. The highest BCUT2D eigenvalue weighted by Crippen LogP contribution is 2.22. The fourth-order valence-electron chi connectivity index (χ4n) is 2.25. The SMILES string of the molecule is CCN(CC)S(=O)(=O)c1cccc(S(=O)(=O)N(C)CC(C)C(=O)O)c1. The average molecular weight is 392 g/mol. The van der Waals surface area contributed by atoms with Crippen LogP contribution in [0.1, 0.15) is 20.8 Å². The summed E-state index contributed by atoms with van der Waals surface area (Å²) in [5.41, 5.74) is 0. The number of hydrogen-bond acceptors (Lipinski definition) is 5. The van der Waals surface area contributed by atoms with Crippen molar-refractivity contribution in [1.29, 1.82) is 0 Å². The fourth-order valence-corrected chi connectivity index (χ4v) is 5.13. The summed E-state index contributed by atoms with van der Waals surface area (Å²) in [6.45, 7) is 5.11. The van der Waals surface area contributed by atoms with E-state index in [1.54, 1.807) is 13.8 Å². The van der Waals surface area contributed by atoms with Crippen LogP contribution in [0.4, 0.5) is 0 Å². The van der Waals surface area contributed by atoms with E-state index in [2.05, 4.69) is 0 Å². The maximum atomic E-state index is 12.6. The van der Waals surface area contributed by atoms with Crippen molar-refractivity contribution in [3.05, 3.63) is 24.3 Å². The minimum atomic E-state index is -4.00. The van der Waals surface area contributed by atoms with Crippen LogP contribution in [0.25, 0.3) is 0 Å². The third kappa shape index (κ3) is 4.78. The van der Waals surface area contributed by atoms with Gasteiger partial charge in [-0.2, -0.15) is 4.31 Å². The van der Waals surface area contributed by atoms with Gasteiger partial charge in [0, 0.05) is 26.7 Å². The molecule has 25 heavy (non-hydrogen) atoms. The lowest BCUT2D eigenvalue weighted by atomic mass is 10.2. The van der Waals surface area contributed by atoms with Crippen molar-refractivity contribution >= 4 is 26.0 Å². The topological polar surface area (TPSA) is 112 Å². The summed E-state index contributed by atoms with van der Waals surface area (Å²) in [5.74, 6) is -2.00. The maximum Gasteiger partial charge on any atom is 0.307 e. The molecule has 1 atom stereocenters. The summed E-state index contributed by atoms with van der Waals surface area (Å²) in [7, 11) is -6.53. The molecule has 10 heteroatoms. The Labute approximate surface area is 149 Å². The molecule has 0 aliphatic rings. The van der Waals surface area contributed by atoms with Gasteiger partial charge in [-0.05, 0) is 18.2 Å². The molecule has 0 spiro atoms. The van der Waals surface area contributed by atoms with Gasteiger partial charge in [-0.25, -0.2) is 21.1 Å². The molecule has 1 rings (SSSR count). The van der Waals surface area contributed by atoms with E-state index in [0.29, 0.717) is 0 Å². The molecular weight excluding hydrogens is 368 g/mol. The standard InChI is InChI=1S/C15H24N2O6S2/c1-5-17(6-2)25(22,23)14-9-7-8-13(10-14)24(20,21)16(4)11-12(3)15(18)19/h7-10,12H,5-6,11H2,1-4H3,(H,18,19). The van der Waals surface area contributed by atoms with Crippen LogP contribution in [0.3, 0.4) is 0 Å². The van der Waals surface area contributed by atoms with E-state index in [1.807, 2.05) is 0 Å². The number of benzene rings is 1. The second-order valence-electron chi connectivity index (χ2n) is 5.59. The van der Waals surface area contributed by atoms with Gasteiger partial charge >= 0.3 is 5.97 Å². The van der Waals surface area contributed by atoms with Gasteiger partial charge in [0.05, 0.1) is 15.7 Å². The molecule has 0 aliphatic heterocycles. The van der Waals surface area contributed by atoms with E-state index in [9.17, 15) is 21.6 Å². The lowest BCUT2D eigenvalue weighted by Gasteiger charge is -2.21. The molecule has 1 aromatic rings. The van der Waals surface area contributed by atoms with Crippen molar-refractivity contribution in [3.63, 3.8) is 0 Å². The largest absolute Gasteiger partial charge is 0.481 e. The molecule has 0 fully saturated rings. The van der Waals surface area contributed by atoms with Crippen LogP contribution in [-0.2, 0) is 24.8 Å². The number of carboxylic acids is 1. The number of rotatable bonds is 9. The minimum absolute atomic E-state index is 0.114. The van der Waals surface area contributed by atoms with Gasteiger partial charge in [-0.15, -0.1) is 0 Å². The molecule has 0 heterocycles. The summed E-state index contributed by atoms with van der Waals surface area (Å²) in [5, 5.41) is 8.93. The van der Waals surface area contributed by atoms with Gasteiger partial charge in [0.2, 0.25) is 20.0 Å². The van der Waals surface area contributed by atoms with Gasteiger partial charge in [-0.1, -0.05) is 26.8 Å². The van der Waals surface area contributed by atoms with Crippen molar-refractivity contribution in [2.75, 3.05) is 26.7 Å². The van der Waals surface area contributed by atoms with E-state index in [0.717, 1.165) is 10.4 Å². The Morgan fingerprint density at radius 1 is 1.08 bits per heavy atom. The predicted octanol–water partition coefficient (Wildman–Crippen LogP) is 1.06. The summed E-state index contributed by atoms with van der Waals surface area (Å²) in [6.07, 6.45) is 0. The van der Waals surface area contributed by atoms with Gasteiger partial charge in [0.25, 0.3) is 0 Å². The number of carboxylic acid groups (broad SMARTS) is 1. The molecular formula is C15H24N2O6S2. The first-order valence-electron chi connectivity index (χ1n) is 7.77. The van der Waals surface area contributed by atoms with Gasteiger partial charge in [0.15, 0.2) is 0 Å². The molecule has 0 aliphatic carbocycles. The van der Waals surface area contributed by atoms with Gasteiger partial charge in [-0.3, -0.25) is 4.79 Å². The van der Waals surface area contributed by atoms with Crippen LogP contribution in [0.2, 0.25) is 0 Å². The van der Waals surface area contributed by atoms with E-state index in [1.165, 1.54) is 36.5 Å². The number of hydrogen-bond donors (Lipinski definition) is 1. The zero-order chi connectivity index (χ0) is 19.4. The molecule has 0 bridgehead atoms. The highest BCUT2D eigenvalue weighted by atomic mass is 32.2. The molecule has 0 saturated heterocycles. The van der Waals surface area contributed by atoms with E-state index >= 15 is 0 Å². The van der Waals surface area contributed by atoms with Crippen LogP contribution in [0.5, 0.6) is 0 Å². The molecule has 1 unspecified atom stereocenters. The number of aliphatic carboxylic acids is 1. The first-order chi connectivity index (χ1) is 11.5. The summed E-state index contributed by atoms with van der Waals surface area (Å²) in [6, 6.07) is 5.09. The van der Waals surface area contributed by atoms with Gasteiger partial charge < -0.3 is 5.11 Å². The molecule has 0 radical (unpaired) electrons. The van der Waals surface area contributed by atoms with Crippen LogP contribution in [-0.4, -0.2) is 63.2 Å². The monoisotopic (exact) mass is 392 g/mol. The molecule has 0 amide bonds. The third-order valence-electron chi connectivity index (χ3n) is 3.81. The molecule has 142 valence electrons. The lowest BCUT2D eigenvalue weighted by Crippen LogP contribution is -2.34. The van der Waals surface area contributed by atoms with Crippen LogP contribution in [0, 0.1) is 5.92 Å². The van der Waals surface area contributed by atoms with Gasteiger partial charge in [0.1, 0.15) is 0 Å². The first-order valence-corrected chi connectivity index (χ1v) is 10.7. The number of sulfonamides is 2. The predicted molar refractivity (Wildman–Crippen MR) is 93.2 cm³/mol. The molecule has 0 aromatic heterocycles. The quantitative estimate of drug-likeness (QED) is 0.672. The second-order valence-corrected chi connectivity index (χ2v) is 9.57. The highest BCUT2D eigenvalue weighted by molar-refractivity contribution is 7.90. The third-order valence-corrected chi connectivity index (χ3v) is 7.67. The molecule has 1 N–H and O–H groups in total. The Morgan fingerprint density at radius 3 is 2.00 bits per heavy atom. The van der Waals surface area contributed by atoms with Crippen molar-refractivity contribution < 1.29 is 26.7 Å². The van der Waals surface area contributed by atoms with Crippen molar-refractivity contribution in [2.24, 2.45) is 5.92 Å². The van der Waals surface area contributed by atoms with Crippen LogP contribution < -0.4 is 0 Å². The Kier molecular flexibility index (Phi) is 7.12. The summed E-state index contributed by atoms with van der Waals surface area (Å²) < 4.78 is 52.4. The van der Waals surface area contributed by atoms with E-state index < -0.39 is 31.9 Å². The first kappa shape index (κ1) is 21.6. The smallest absolute Gasteiger partial charge is 0.307 e. The van der Waals surface area contributed by atoms with E-state index in [4.69, 9.17) is 5.11 Å². The minimum Gasteiger partial charge on any atom is -0.481 e. The zero-order valence-electron chi connectivity index (χ0n) is 14.7. The summed E-state index contributed by atoms with van der Waals surface area (Å²) in [4.78, 5) is 10.6. The van der Waals surface area contributed by atoms with Crippen molar-refractivity contribution in [2.45, 2.75) is 30.6 Å². The van der Waals surface area contributed by atoms with Crippen molar-refractivity contribution in [3.8, 4) is 0 Å². The zero-order valence-corrected chi connectivity index (χ0v) is 16.3. The highest BCUT2D eigenvalue weighted by Gasteiger charge is 2.27. The molecule has 0 saturated carbocycles. The Morgan fingerprint density at radius 2 is 1.56 bits per heavy atom. The number of carbonyl (C=O) groups is 1. The normalized spacial score (nSPS) is 14.0. The lowest BCUT2D eigenvalue weighted by molar-refractivity contribution is -0.141. The number of nitrogens with zero attached hydrogens (tertiary/aromatic N) is 2. The summed E-state index contributed by atoms with van der Waals surface area (Å²) >= 11 is 0. The average Bonchev–Trinajstić information content (AvgIpc) is 2.55.